The molecule has 1 heterocycles. The van der Waals surface area contributed by atoms with Crippen LogP contribution in [0.5, 0.6) is 5.75 Å². The number of nitrogens with zero attached hydrogens (tertiary/aromatic N) is 1. The summed E-state index contributed by atoms with van der Waals surface area (Å²) in [7, 11) is 2.81. The number of aryl methyl sites for hydroxylation is 1. The summed E-state index contributed by atoms with van der Waals surface area (Å²) < 4.78 is 5.92. The Balaban J connectivity index is 1.98. The molecule has 1 aromatic heterocycles. The number of fused-ring (bicyclic) bond motifs is 1. The highest BCUT2D eigenvalue weighted by molar-refractivity contribution is 6.09. The van der Waals surface area contributed by atoms with Gasteiger partial charge in [-0.1, -0.05) is 12.1 Å². The van der Waals surface area contributed by atoms with Crippen LogP contribution in [0, 0.1) is 0 Å². The monoisotopic (exact) mass is 352 g/mol. The number of para-hydroxylation sites is 1. The van der Waals surface area contributed by atoms with Crippen molar-refractivity contribution in [1.29, 1.82) is 0 Å². The first kappa shape index (κ1) is 17.2. The number of aromatic hydroxyl groups is 1. The standard InChI is InChI=1S/C19H16N2O5/c1-21-14-6-4-3-5-13(14)16(22)15(18(21)24)17(23)20-12-9-7-11(8-10-12)19(25)26-2/h3-10,22H,1-2H3,(H,20,23). The number of rotatable bonds is 3. The Morgan fingerprint density at radius 2 is 1.73 bits per heavy atom. The molecule has 0 saturated carbocycles. The second-order valence-corrected chi connectivity index (χ2v) is 5.63. The zero-order valence-electron chi connectivity index (χ0n) is 14.1. The van der Waals surface area contributed by atoms with Crippen molar-refractivity contribution in [2.24, 2.45) is 7.05 Å². The number of hydrogen-bond acceptors (Lipinski definition) is 5. The fourth-order valence-electron chi connectivity index (χ4n) is 2.69. The average molecular weight is 352 g/mol. The summed E-state index contributed by atoms with van der Waals surface area (Å²) in [6.07, 6.45) is 0. The predicted octanol–water partition coefficient (Wildman–Crippen LogP) is 2.28. The van der Waals surface area contributed by atoms with Gasteiger partial charge < -0.3 is 19.7 Å². The third kappa shape index (κ3) is 2.90. The number of methoxy groups -OCH3 is 1. The first-order valence-electron chi connectivity index (χ1n) is 7.74. The minimum absolute atomic E-state index is 0.329. The van der Waals surface area contributed by atoms with Gasteiger partial charge in [0.05, 0.1) is 18.2 Å². The number of ether oxygens (including phenoxy) is 1. The number of benzene rings is 2. The maximum Gasteiger partial charge on any atom is 0.337 e. The van der Waals surface area contributed by atoms with Crippen LogP contribution < -0.4 is 10.9 Å². The molecular weight excluding hydrogens is 336 g/mol. The summed E-state index contributed by atoms with van der Waals surface area (Å²) in [5, 5.41) is 13.4. The summed E-state index contributed by atoms with van der Waals surface area (Å²) in [6, 6.07) is 12.7. The Hall–Kier alpha value is -3.61. The van der Waals surface area contributed by atoms with E-state index in [0.29, 0.717) is 22.2 Å². The minimum atomic E-state index is -0.736. The Morgan fingerprint density at radius 3 is 2.38 bits per heavy atom. The lowest BCUT2D eigenvalue weighted by atomic mass is 10.1. The molecule has 0 atom stereocenters. The summed E-state index contributed by atoms with van der Waals surface area (Å²) in [5.74, 6) is -1.60. The fraction of sp³-hybridized carbons (Fsp3) is 0.105. The second-order valence-electron chi connectivity index (χ2n) is 5.63. The van der Waals surface area contributed by atoms with Gasteiger partial charge in [-0.05, 0) is 36.4 Å². The Morgan fingerprint density at radius 1 is 1.08 bits per heavy atom. The quantitative estimate of drug-likeness (QED) is 0.705. The van der Waals surface area contributed by atoms with Crippen LogP contribution in [0.15, 0.2) is 53.3 Å². The summed E-state index contributed by atoms with van der Waals surface area (Å²) >= 11 is 0. The van der Waals surface area contributed by atoms with E-state index < -0.39 is 17.4 Å². The lowest BCUT2D eigenvalue weighted by Crippen LogP contribution is -2.28. The molecule has 1 amide bonds. The largest absolute Gasteiger partial charge is 0.506 e. The number of aromatic nitrogens is 1. The minimum Gasteiger partial charge on any atom is -0.506 e. The molecular formula is C19H16N2O5. The molecule has 7 nitrogen and oxygen atoms in total. The van der Waals surface area contributed by atoms with E-state index in [1.165, 1.54) is 43.0 Å². The van der Waals surface area contributed by atoms with Crippen LogP contribution in [0.25, 0.3) is 10.9 Å². The summed E-state index contributed by atoms with van der Waals surface area (Å²) in [4.78, 5) is 36.5. The highest BCUT2D eigenvalue weighted by Gasteiger charge is 2.21. The molecule has 0 aliphatic carbocycles. The summed E-state index contributed by atoms with van der Waals surface area (Å²) in [6.45, 7) is 0. The van der Waals surface area contributed by atoms with Gasteiger partial charge >= 0.3 is 5.97 Å². The Labute approximate surface area is 148 Å². The van der Waals surface area contributed by atoms with Crippen LogP contribution in [0.2, 0.25) is 0 Å². The molecule has 7 heteroatoms. The first-order valence-corrected chi connectivity index (χ1v) is 7.74. The zero-order valence-corrected chi connectivity index (χ0v) is 14.1. The van der Waals surface area contributed by atoms with E-state index in [1.807, 2.05) is 0 Å². The van der Waals surface area contributed by atoms with E-state index in [1.54, 1.807) is 24.3 Å². The number of anilines is 1. The molecule has 0 spiro atoms. The number of hydrogen-bond donors (Lipinski definition) is 2. The van der Waals surface area contributed by atoms with Crippen molar-refractivity contribution in [2.45, 2.75) is 0 Å². The maximum atomic E-state index is 12.6. The second kappa shape index (κ2) is 6.72. The molecule has 3 rings (SSSR count). The highest BCUT2D eigenvalue weighted by Crippen LogP contribution is 2.26. The molecule has 0 radical (unpaired) electrons. The Bertz CT molecular complexity index is 1070. The number of esters is 1. The topological polar surface area (TPSA) is 97.6 Å². The smallest absolute Gasteiger partial charge is 0.337 e. The van der Waals surface area contributed by atoms with Crippen molar-refractivity contribution < 1.29 is 19.4 Å². The van der Waals surface area contributed by atoms with E-state index >= 15 is 0 Å². The molecule has 132 valence electrons. The van der Waals surface area contributed by atoms with E-state index in [0.717, 1.165) is 0 Å². The summed E-state index contributed by atoms with van der Waals surface area (Å²) in [5.41, 5.74) is 0.273. The molecule has 2 aromatic carbocycles. The normalized spacial score (nSPS) is 10.5. The number of carbonyl (C=O) groups is 2. The van der Waals surface area contributed by atoms with Crippen molar-refractivity contribution in [3.63, 3.8) is 0 Å². The van der Waals surface area contributed by atoms with E-state index in [9.17, 15) is 19.5 Å². The molecule has 26 heavy (non-hydrogen) atoms. The van der Waals surface area contributed by atoms with Gasteiger partial charge in [0, 0.05) is 18.1 Å². The number of amides is 1. The van der Waals surface area contributed by atoms with Crippen molar-refractivity contribution in [2.75, 3.05) is 12.4 Å². The SMILES string of the molecule is COC(=O)c1ccc(NC(=O)c2c(O)c3ccccc3n(C)c2=O)cc1. The van der Waals surface area contributed by atoms with Gasteiger partial charge in [-0.3, -0.25) is 9.59 Å². The molecule has 0 fully saturated rings. The van der Waals surface area contributed by atoms with E-state index in [4.69, 9.17) is 0 Å². The zero-order chi connectivity index (χ0) is 18.8. The van der Waals surface area contributed by atoms with Crippen molar-refractivity contribution in [1.82, 2.24) is 4.57 Å². The molecule has 0 unspecified atom stereocenters. The van der Waals surface area contributed by atoms with Gasteiger partial charge in [0.2, 0.25) is 0 Å². The number of pyridine rings is 1. The van der Waals surface area contributed by atoms with Gasteiger partial charge in [0.15, 0.2) is 0 Å². The first-order chi connectivity index (χ1) is 12.4. The lowest BCUT2D eigenvalue weighted by molar-refractivity contribution is 0.0600. The van der Waals surface area contributed by atoms with Crippen LogP contribution in [0.4, 0.5) is 5.69 Å². The van der Waals surface area contributed by atoms with Crippen LogP contribution in [0.1, 0.15) is 20.7 Å². The highest BCUT2D eigenvalue weighted by atomic mass is 16.5. The van der Waals surface area contributed by atoms with Crippen molar-refractivity contribution in [3.05, 3.63) is 70.0 Å². The fourth-order valence-corrected chi connectivity index (χ4v) is 2.69. The van der Waals surface area contributed by atoms with Crippen molar-refractivity contribution >= 4 is 28.5 Å². The van der Waals surface area contributed by atoms with Crippen molar-refractivity contribution in [3.8, 4) is 5.75 Å². The van der Waals surface area contributed by atoms with Crippen LogP contribution >= 0.6 is 0 Å². The van der Waals surface area contributed by atoms with Gasteiger partial charge in [-0.25, -0.2) is 4.79 Å². The van der Waals surface area contributed by atoms with Gasteiger partial charge in [-0.2, -0.15) is 0 Å². The number of carbonyl (C=O) groups excluding carboxylic acids is 2. The molecule has 2 N–H and O–H groups in total. The molecule has 3 aromatic rings. The van der Waals surface area contributed by atoms with Gasteiger partial charge in [-0.15, -0.1) is 0 Å². The number of nitrogens with one attached hydrogen (secondary N) is 1. The average Bonchev–Trinajstić information content (AvgIpc) is 2.66. The third-order valence-electron chi connectivity index (χ3n) is 4.07. The van der Waals surface area contributed by atoms with Crippen LogP contribution in [-0.2, 0) is 11.8 Å². The molecule has 0 aliphatic heterocycles. The predicted molar refractivity (Wildman–Crippen MR) is 96.6 cm³/mol. The van der Waals surface area contributed by atoms with Gasteiger partial charge in [0.25, 0.3) is 11.5 Å². The Kier molecular flexibility index (Phi) is 4.45. The maximum absolute atomic E-state index is 12.6. The van der Waals surface area contributed by atoms with E-state index in [2.05, 4.69) is 10.1 Å². The third-order valence-corrected chi connectivity index (χ3v) is 4.07. The molecule has 0 saturated heterocycles. The lowest BCUT2D eigenvalue weighted by Gasteiger charge is -2.12. The molecule has 0 aliphatic rings. The molecule has 0 bridgehead atoms. The van der Waals surface area contributed by atoms with Crippen LogP contribution in [-0.4, -0.2) is 28.7 Å². The van der Waals surface area contributed by atoms with E-state index in [-0.39, 0.29) is 11.3 Å². The van der Waals surface area contributed by atoms with Gasteiger partial charge in [0.1, 0.15) is 11.3 Å². The van der Waals surface area contributed by atoms with Crippen LogP contribution in [0.3, 0.4) is 0 Å².